The normalized spacial score (nSPS) is 14.8. The van der Waals surface area contributed by atoms with Crippen LogP contribution in [0.3, 0.4) is 0 Å². The molecule has 0 radical (unpaired) electrons. The van der Waals surface area contributed by atoms with Crippen molar-refractivity contribution in [2.45, 2.75) is 58.8 Å². The molecule has 0 aromatic heterocycles. The van der Waals surface area contributed by atoms with Crippen molar-refractivity contribution < 1.29 is 5.11 Å². The molecule has 2 heteroatoms. The van der Waals surface area contributed by atoms with Crippen molar-refractivity contribution in [2.75, 3.05) is 6.61 Å². The maximum absolute atomic E-state index is 9.25. The highest BCUT2D eigenvalue weighted by atomic mass is 28.3. The molecule has 0 saturated carbocycles. The SMILES string of the molecule is CC(C)(CO)C[Si](C)(C)C(C)(C)C. The van der Waals surface area contributed by atoms with Gasteiger partial charge in [-0.05, 0) is 16.5 Å². The second-order valence-electron chi connectivity index (χ2n) is 6.63. The van der Waals surface area contributed by atoms with Crippen LogP contribution in [0.5, 0.6) is 0 Å². The lowest BCUT2D eigenvalue weighted by molar-refractivity contribution is 0.174. The Bertz CT molecular complexity index is 165. The molecule has 0 bridgehead atoms. The first-order chi connectivity index (χ1) is 5.52. The second-order valence-corrected chi connectivity index (χ2v) is 12.3. The Hall–Kier alpha value is 0.177. The maximum Gasteiger partial charge on any atom is 0.0533 e. The summed E-state index contributed by atoms with van der Waals surface area (Å²) in [6, 6.07) is 1.19. The fourth-order valence-electron chi connectivity index (χ4n) is 1.52. The molecule has 0 spiro atoms. The molecule has 0 amide bonds. The smallest absolute Gasteiger partial charge is 0.0533 e. The second kappa shape index (κ2) is 3.74. The molecule has 13 heavy (non-hydrogen) atoms. The van der Waals surface area contributed by atoms with E-state index in [9.17, 15) is 5.11 Å². The van der Waals surface area contributed by atoms with Gasteiger partial charge in [-0.1, -0.05) is 47.7 Å². The molecular weight excluding hydrogens is 176 g/mol. The van der Waals surface area contributed by atoms with Crippen molar-refractivity contribution in [3.63, 3.8) is 0 Å². The lowest BCUT2D eigenvalue weighted by atomic mass is 9.98. The lowest BCUT2D eigenvalue weighted by Crippen LogP contribution is -2.42. The Labute approximate surface area is 84.6 Å². The summed E-state index contributed by atoms with van der Waals surface area (Å²) >= 11 is 0. The molecular formula is C11H26OSi. The first kappa shape index (κ1) is 13.2. The summed E-state index contributed by atoms with van der Waals surface area (Å²) in [6.45, 7) is 16.4. The summed E-state index contributed by atoms with van der Waals surface area (Å²) in [5, 5.41) is 9.68. The van der Waals surface area contributed by atoms with Crippen molar-refractivity contribution in [1.29, 1.82) is 0 Å². The molecule has 0 aliphatic rings. The van der Waals surface area contributed by atoms with Crippen molar-refractivity contribution >= 4 is 8.07 Å². The zero-order chi connectivity index (χ0) is 10.9. The Morgan fingerprint density at radius 2 is 1.38 bits per heavy atom. The van der Waals surface area contributed by atoms with Crippen molar-refractivity contribution in [3.8, 4) is 0 Å². The van der Waals surface area contributed by atoms with Gasteiger partial charge < -0.3 is 5.11 Å². The van der Waals surface area contributed by atoms with Crippen LogP contribution < -0.4 is 0 Å². The fourth-order valence-corrected chi connectivity index (χ4v) is 4.55. The highest BCUT2D eigenvalue weighted by Gasteiger charge is 2.39. The number of aliphatic hydroxyl groups excluding tert-OH is 1. The fraction of sp³-hybridized carbons (Fsp3) is 1.00. The van der Waals surface area contributed by atoms with Gasteiger partial charge in [0.05, 0.1) is 8.07 Å². The van der Waals surface area contributed by atoms with E-state index in [0.717, 1.165) is 0 Å². The van der Waals surface area contributed by atoms with Gasteiger partial charge in [0.25, 0.3) is 0 Å². The molecule has 0 aromatic carbocycles. The van der Waals surface area contributed by atoms with Crippen LogP contribution in [0.2, 0.25) is 24.2 Å². The number of hydrogen-bond acceptors (Lipinski definition) is 1. The topological polar surface area (TPSA) is 20.2 Å². The van der Waals surface area contributed by atoms with Crippen LogP contribution in [0, 0.1) is 5.41 Å². The highest BCUT2D eigenvalue weighted by Crippen LogP contribution is 2.43. The molecule has 1 N–H and O–H groups in total. The standard InChI is InChI=1S/C11H26OSi/c1-10(2,3)13(6,7)9-11(4,5)8-12/h12H,8-9H2,1-7H3. The highest BCUT2D eigenvalue weighted by molar-refractivity contribution is 6.80. The Morgan fingerprint density at radius 1 is 1.00 bits per heavy atom. The van der Waals surface area contributed by atoms with Crippen LogP contribution in [0.25, 0.3) is 0 Å². The van der Waals surface area contributed by atoms with Crippen LogP contribution in [-0.4, -0.2) is 19.8 Å². The van der Waals surface area contributed by atoms with E-state index in [1.807, 2.05) is 0 Å². The molecule has 1 nitrogen and oxygen atoms in total. The lowest BCUT2D eigenvalue weighted by Gasteiger charge is -2.42. The molecule has 0 aliphatic heterocycles. The molecule has 0 aliphatic carbocycles. The van der Waals surface area contributed by atoms with Crippen molar-refractivity contribution in [1.82, 2.24) is 0 Å². The molecule has 0 aromatic rings. The van der Waals surface area contributed by atoms with E-state index in [1.165, 1.54) is 6.04 Å². The van der Waals surface area contributed by atoms with Gasteiger partial charge in [-0.15, -0.1) is 0 Å². The third-order valence-corrected chi connectivity index (χ3v) is 9.28. The Morgan fingerprint density at radius 3 is 1.62 bits per heavy atom. The Balaban J connectivity index is 4.52. The van der Waals surface area contributed by atoms with Gasteiger partial charge in [0.15, 0.2) is 0 Å². The van der Waals surface area contributed by atoms with Gasteiger partial charge in [-0.2, -0.15) is 0 Å². The number of aliphatic hydroxyl groups is 1. The summed E-state index contributed by atoms with van der Waals surface area (Å²) in [5.74, 6) is 0. The van der Waals surface area contributed by atoms with Gasteiger partial charge in [-0.3, -0.25) is 0 Å². The van der Waals surface area contributed by atoms with Gasteiger partial charge in [0.2, 0.25) is 0 Å². The minimum Gasteiger partial charge on any atom is -0.396 e. The van der Waals surface area contributed by atoms with E-state index >= 15 is 0 Å². The molecule has 80 valence electrons. The molecule has 0 heterocycles. The van der Waals surface area contributed by atoms with E-state index in [2.05, 4.69) is 47.7 Å². The average Bonchev–Trinajstić information content (AvgIpc) is 1.83. The van der Waals surface area contributed by atoms with Gasteiger partial charge in [0.1, 0.15) is 0 Å². The third kappa shape index (κ3) is 3.82. The first-order valence-corrected chi connectivity index (χ1v) is 8.33. The first-order valence-electron chi connectivity index (χ1n) is 5.13. The molecule has 0 saturated heterocycles. The van der Waals surface area contributed by atoms with Gasteiger partial charge in [-0.25, -0.2) is 0 Å². The van der Waals surface area contributed by atoms with Crippen molar-refractivity contribution in [2.24, 2.45) is 5.41 Å². The Kier molecular flexibility index (Phi) is 3.79. The largest absolute Gasteiger partial charge is 0.396 e. The number of rotatable bonds is 3. The summed E-state index contributed by atoms with van der Waals surface area (Å²) in [7, 11) is -1.22. The van der Waals surface area contributed by atoms with Crippen LogP contribution in [-0.2, 0) is 0 Å². The van der Waals surface area contributed by atoms with E-state index in [0.29, 0.717) is 11.6 Å². The summed E-state index contributed by atoms with van der Waals surface area (Å²) in [4.78, 5) is 0. The van der Waals surface area contributed by atoms with E-state index < -0.39 is 8.07 Å². The average molecular weight is 202 g/mol. The van der Waals surface area contributed by atoms with E-state index in [1.54, 1.807) is 0 Å². The molecule has 0 atom stereocenters. The summed E-state index contributed by atoms with van der Waals surface area (Å²) in [5.41, 5.74) is 0.100. The molecule has 0 fully saturated rings. The molecule has 0 rings (SSSR count). The van der Waals surface area contributed by atoms with Crippen LogP contribution in [0.15, 0.2) is 0 Å². The van der Waals surface area contributed by atoms with Crippen LogP contribution >= 0.6 is 0 Å². The summed E-state index contributed by atoms with van der Waals surface area (Å²) in [6.07, 6.45) is 0. The molecule has 0 unspecified atom stereocenters. The predicted molar refractivity (Wildman–Crippen MR) is 62.9 cm³/mol. The maximum atomic E-state index is 9.25. The van der Waals surface area contributed by atoms with Crippen molar-refractivity contribution in [3.05, 3.63) is 0 Å². The van der Waals surface area contributed by atoms with Gasteiger partial charge >= 0.3 is 0 Å². The van der Waals surface area contributed by atoms with E-state index in [4.69, 9.17) is 0 Å². The third-order valence-electron chi connectivity index (χ3n) is 3.38. The minimum absolute atomic E-state index is 0.100. The monoisotopic (exact) mass is 202 g/mol. The quantitative estimate of drug-likeness (QED) is 0.694. The number of hydrogen-bond donors (Lipinski definition) is 1. The van der Waals surface area contributed by atoms with Gasteiger partial charge in [0, 0.05) is 6.61 Å². The predicted octanol–water partition coefficient (Wildman–Crippen LogP) is 3.51. The zero-order valence-electron chi connectivity index (χ0n) is 10.4. The van der Waals surface area contributed by atoms with Crippen LogP contribution in [0.4, 0.5) is 0 Å². The van der Waals surface area contributed by atoms with E-state index in [-0.39, 0.29) is 5.41 Å². The summed E-state index contributed by atoms with van der Waals surface area (Å²) < 4.78 is 0. The minimum atomic E-state index is -1.22. The van der Waals surface area contributed by atoms with Crippen LogP contribution in [0.1, 0.15) is 34.6 Å². The zero-order valence-corrected chi connectivity index (χ0v) is 11.4.